The fourth-order valence-corrected chi connectivity index (χ4v) is 1.96. The summed E-state index contributed by atoms with van der Waals surface area (Å²) in [5.41, 5.74) is 1.07. The molecule has 0 aliphatic rings. The summed E-state index contributed by atoms with van der Waals surface area (Å²) in [5, 5.41) is 2.85. The van der Waals surface area contributed by atoms with Crippen LogP contribution < -0.4 is 10.9 Å². The Hall–Kier alpha value is -1.88. The van der Waals surface area contributed by atoms with E-state index in [4.69, 9.17) is 0 Å². The molecule has 2 N–H and O–H groups in total. The molecule has 1 aromatic carbocycles. The summed E-state index contributed by atoms with van der Waals surface area (Å²) in [6.45, 7) is 1.90. The number of nitrogens with one attached hydrogen (secondary N) is 2. The highest BCUT2D eigenvalue weighted by molar-refractivity contribution is 9.10. The van der Waals surface area contributed by atoms with E-state index in [0.717, 1.165) is 10.0 Å². The molecule has 1 heterocycles. The van der Waals surface area contributed by atoms with Gasteiger partial charge in [0, 0.05) is 22.3 Å². The van der Waals surface area contributed by atoms with E-state index in [-0.39, 0.29) is 17.5 Å². The molecule has 0 aliphatic heterocycles. The Morgan fingerprint density at radius 3 is 2.58 bits per heavy atom. The first kappa shape index (κ1) is 13.5. The molecule has 5 heteroatoms. The molecule has 1 aromatic heterocycles. The molecule has 19 heavy (non-hydrogen) atoms. The molecule has 0 spiro atoms. The second-order valence-corrected chi connectivity index (χ2v) is 5.10. The highest BCUT2D eigenvalue weighted by Gasteiger charge is 2.11. The van der Waals surface area contributed by atoms with E-state index in [0.29, 0.717) is 5.56 Å². The number of carbonyl (C=O) groups excluding carboxylic acids is 1. The molecule has 1 amide bonds. The molecule has 0 aliphatic carbocycles. The van der Waals surface area contributed by atoms with E-state index in [2.05, 4.69) is 26.2 Å². The van der Waals surface area contributed by atoms with E-state index in [1.807, 2.05) is 31.2 Å². The van der Waals surface area contributed by atoms with Crippen LogP contribution in [-0.4, -0.2) is 10.9 Å². The number of H-pyrrole nitrogens is 1. The van der Waals surface area contributed by atoms with Gasteiger partial charge in [0.1, 0.15) is 0 Å². The minimum atomic E-state index is -0.288. The maximum atomic E-state index is 12.0. The zero-order valence-corrected chi connectivity index (χ0v) is 11.9. The molecule has 0 unspecified atom stereocenters. The fraction of sp³-hybridized carbons (Fsp3) is 0.143. The van der Waals surface area contributed by atoms with Gasteiger partial charge in [0.05, 0.1) is 6.04 Å². The first-order valence-corrected chi connectivity index (χ1v) is 6.60. The maximum Gasteiger partial charge on any atom is 0.252 e. The number of pyridine rings is 1. The van der Waals surface area contributed by atoms with Crippen molar-refractivity contribution < 1.29 is 4.79 Å². The molecule has 0 fully saturated rings. The molecule has 0 bridgehead atoms. The van der Waals surface area contributed by atoms with Crippen molar-refractivity contribution in [2.24, 2.45) is 0 Å². The summed E-state index contributed by atoms with van der Waals surface area (Å²) < 4.78 is 0.990. The van der Waals surface area contributed by atoms with E-state index in [9.17, 15) is 9.59 Å². The standard InChI is InChI=1S/C14H13BrN2O2/c1-9(10-2-4-12(15)5-3-10)17-14(19)11-6-7-16-13(18)8-11/h2-9H,1H3,(H,16,18)(H,17,19)/t9-/m1/s1. The Morgan fingerprint density at radius 2 is 1.95 bits per heavy atom. The van der Waals surface area contributed by atoms with Crippen LogP contribution in [-0.2, 0) is 0 Å². The van der Waals surface area contributed by atoms with Crippen molar-refractivity contribution in [1.82, 2.24) is 10.3 Å². The molecule has 0 saturated carbocycles. The first-order valence-electron chi connectivity index (χ1n) is 5.81. The smallest absolute Gasteiger partial charge is 0.252 e. The predicted molar refractivity (Wildman–Crippen MR) is 77.1 cm³/mol. The lowest BCUT2D eigenvalue weighted by atomic mass is 10.1. The Bertz CT molecular complexity index is 634. The summed E-state index contributed by atoms with van der Waals surface area (Å²) in [4.78, 5) is 25.6. The largest absolute Gasteiger partial charge is 0.346 e. The third-order valence-corrected chi connectivity index (χ3v) is 3.28. The Balaban J connectivity index is 2.10. The Labute approximate surface area is 119 Å². The predicted octanol–water partition coefficient (Wildman–Crippen LogP) is 2.63. The first-order chi connectivity index (χ1) is 9.06. The molecule has 2 aromatic rings. The fourth-order valence-electron chi connectivity index (χ4n) is 1.70. The SMILES string of the molecule is C[C@@H](NC(=O)c1cc[nH]c(=O)c1)c1ccc(Br)cc1. The van der Waals surface area contributed by atoms with Crippen LogP contribution in [0.4, 0.5) is 0 Å². The number of benzene rings is 1. The molecule has 1 atom stereocenters. The minimum absolute atomic E-state index is 0.125. The van der Waals surface area contributed by atoms with Crippen molar-refractivity contribution in [3.8, 4) is 0 Å². The van der Waals surface area contributed by atoms with Gasteiger partial charge in [-0.15, -0.1) is 0 Å². The molecule has 4 nitrogen and oxygen atoms in total. The van der Waals surface area contributed by atoms with Gasteiger partial charge in [0.25, 0.3) is 5.91 Å². The zero-order chi connectivity index (χ0) is 13.8. The topological polar surface area (TPSA) is 62.0 Å². The van der Waals surface area contributed by atoms with Crippen molar-refractivity contribution in [3.05, 3.63) is 68.5 Å². The van der Waals surface area contributed by atoms with Crippen LogP contribution in [0.1, 0.15) is 28.9 Å². The lowest BCUT2D eigenvalue weighted by molar-refractivity contribution is 0.0939. The molecular weight excluding hydrogens is 308 g/mol. The lowest BCUT2D eigenvalue weighted by Gasteiger charge is -2.14. The van der Waals surface area contributed by atoms with Crippen LogP contribution in [0.25, 0.3) is 0 Å². The van der Waals surface area contributed by atoms with Crippen LogP contribution in [0.2, 0.25) is 0 Å². The highest BCUT2D eigenvalue weighted by atomic mass is 79.9. The van der Waals surface area contributed by atoms with E-state index in [1.54, 1.807) is 6.07 Å². The summed E-state index contributed by atoms with van der Waals surface area (Å²) in [5.74, 6) is -0.262. The number of hydrogen-bond acceptors (Lipinski definition) is 2. The molecule has 2 rings (SSSR count). The average molecular weight is 321 g/mol. The summed E-state index contributed by atoms with van der Waals surface area (Å²) in [6, 6.07) is 10.4. The molecule has 0 radical (unpaired) electrons. The highest BCUT2D eigenvalue weighted by Crippen LogP contribution is 2.16. The normalized spacial score (nSPS) is 11.9. The van der Waals surface area contributed by atoms with E-state index < -0.39 is 0 Å². The molecule has 0 saturated heterocycles. The number of aromatic nitrogens is 1. The van der Waals surface area contributed by atoms with E-state index >= 15 is 0 Å². The van der Waals surface area contributed by atoms with Crippen LogP contribution in [0.5, 0.6) is 0 Å². The number of amides is 1. The second-order valence-electron chi connectivity index (χ2n) is 4.19. The summed E-state index contributed by atoms with van der Waals surface area (Å²) >= 11 is 3.36. The Morgan fingerprint density at radius 1 is 1.26 bits per heavy atom. The van der Waals surface area contributed by atoms with Gasteiger partial charge < -0.3 is 10.3 Å². The van der Waals surface area contributed by atoms with Crippen molar-refractivity contribution in [2.75, 3.05) is 0 Å². The van der Waals surface area contributed by atoms with Gasteiger partial charge in [-0.25, -0.2) is 0 Å². The van der Waals surface area contributed by atoms with Gasteiger partial charge in [0.15, 0.2) is 0 Å². The third-order valence-electron chi connectivity index (χ3n) is 2.75. The van der Waals surface area contributed by atoms with Gasteiger partial charge in [-0.3, -0.25) is 9.59 Å². The van der Waals surface area contributed by atoms with Crippen molar-refractivity contribution in [1.29, 1.82) is 0 Å². The molecular formula is C14H13BrN2O2. The number of rotatable bonds is 3. The number of carbonyl (C=O) groups is 1. The van der Waals surface area contributed by atoms with E-state index in [1.165, 1.54) is 12.3 Å². The van der Waals surface area contributed by atoms with Gasteiger partial charge in [0.2, 0.25) is 5.56 Å². The average Bonchev–Trinajstić information content (AvgIpc) is 2.39. The lowest BCUT2D eigenvalue weighted by Crippen LogP contribution is -2.27. The quantitative estimate of drug-likeness (QED) is 0.913. The van der Waals surface area contributed by atoms with Crippen LogP contribution in [0, 0.1) is 0 Å². The van der Waals surface area contributed by atoms with Crippen molar-refractivity contribution >= 4 is 21.8 Å². The van der Waals surface area contributed by atoms with Gasteiger partial charge in [-0.2, -0.15) is 0 Å². The molecule has 98 valence electrons. The number of hydrogen-bond donors (Lipinski definition) is 2. The van der Waals surface area contributed by atoms with Crippen LogP contribution in [0.15, 0.2) is 51.9 Å². The zero-order valence-electron chi connectivity index (χ0n) is 10.3. The summed E-state index contributed by atoms with van der Waals surface area (Å²) in [6.07, 6.45) is 1.46. The van der Waals surface area contributed by atoms with Crippen molar-refractivity contribution in [3.63, 3.8) is 0 Å². The van der Waals surface area contributed by atoms with Gasteiger partial charge >= 0.3 is 0 Å². The Kier molecular flexibility index (Phi) is 4.16. The summed E-state index contributed by atoms with van der Waals surface area (Å²) in [7, 11) is 0. The number of aromatic amines is 1. The van der Waals surface area contributed by atoms with Crippen LogP contribution in [0.3, 0.4) is 0 Å². The third kappa shape index (κ3) is 3.54. The van der Waals surface area contributed by atoms with Gasteiger partial charge in [-0.05, 0) is 30.7 Å². The monoisotopic (exact) mass is 320 g/mol. The van der Waals surface area contributed by atoms with Crippen LogP contribution >= 0.6 is 15.9 Å². The number of halogens is 1. The maximum absolute atomic E-state index is 12.0. The van der Waals surface area contributed by atoms with Crippen molar-refractivity contribution in [2.45, 2.75) is 13.0 Å². The second kappa shape index (κ2) is 5.84. The minimum Gasteiger partial charge on any atom is -0.346 e. The van der Waals surface area contributed by atoms with Gasteiger partial charge in [-0.1, -0.05) is 28.1 Å².